The highest BCUT2D eigenvalue weighted by atomic mass is 16.2. The number of hydrogen-bond donors (Lipinski definition) is 0. The van der Waals surface area contributed by atoms with Crippen molar-refractivity contribution < 1.29 is 9.59 Å². The maximum atomic E-state index is 13.0. The van der Waals surface area contributed by atoms with Crippen molar-refractivity contribution in [1.29, 1.82) is 0 Å². The summed E-state index contributed by atoms with van der Waals surface area (Å²) in [7, 11) is 1.55. The van der Waals surface area contributed by atoms with Crippen LogP contribution in [0.5, 0.6) is 0 Å². The number of carbonyl (C=O) groups excluding carboxylic acids is 2. The first-order chi connectivity index (χ1) is 11.5. The SMILES string of the molecule is CC(=O)N1CCCN(C(=O)c2nn(C)c(=O)c3ccccc23)CC1. The Labute approximate surface area is 139 Å². The van der Waals surface area contributed by atoms with Gasteiger partial charge in [0.15, 0.2) is 5.69 Å². The summed E-state index contributed by atoms with van der Waals surface area (Å²) in [5.41, 5.74) is 0.0600. The number of carbonyl (C=O) groups is 2. The summed E-state index contributed by atoms with van der Waals surface area (Å²) in [5.74, 6) is -0.179. The molecule has 1 aliphatic heterocycles. The molecular weight excluding hydrogens is 308 g/mol. The van der Waals surface area contributed by atoms with Crippen LogP contribution in [0.1, 0.15) is 23.8 Å². The average molecular weight is 328 g/mol. The fraction of sp³-hybridized carbons (Fsp3) is 0.412. The molecule has 0 N–H and O–H groups in total. The number of rotatable bonds is 1. The second-order valence-electron chi connectivity index (χ2n) is 5.97. The first-order valence-corrected chi connectivity index (χ1v) is 8.00. The van der Waals surface area contributed by atoms with E-state index in [-0.39, 0.29) is 23.1 Å². The Morgan fingerprint density at radius 2 is 1.62 bits per heavy atom. The number of amides is 2. The molecule has 2 amide bonds. The van der Waals surface area contributed by atoms with Crippen LogP contribution < -0.4 is 5.56 Å². The molecule has 0 saturated carbocycles. The van der Waals surface area contributed by atoms with Gasteiger partial charge in [-0.1, -0.05) is 18.2 Å². The summed E-state index contributed by atoms with van der Waals surface area (Å²) < 4.78 is 1.20. The Morgan fingerprint density at radius 3 is 2.33 bits per heavy atom. The van der Waals surface area contributed by atoms with Gasteiger partial charge < -0.3 is 9.80 Å². The summed E-state index contributed by atoms with van der Waals surface area (Å²) in [6.45, 7) is 3.75. The Morgan fingerprint density at radius 1 is 1.00 bits per heavy atom. The van der Waals surface area contributed by atoms with E-state index in [2.05, 4.69) is 5.10 Å². The van der Waals surface area contributed by atoms with Crippen LogP contribution in [0.2, 0.25) is 0 Å². The minimum atomic E-state index is -0.222. The van der Waals surface area contributed by atoms with Crippen LogP contribution >= 0.6 is 0 Å². The van der Waals surface area contributed by atoms with Gasteiger partial charge in [-0.2, -0.15) is 5.10 Å². The largest absolute Gasteiger partial charge is 0.341 e. The summed E-state index contributed by atoms with van der Waals surface area (Å²) in [6, 6.07) is 7.02. The molecule has 2 aromatic rings. The van der Waals surface area contributed by atoms with Crippen LogP contribution in [0.4, 0.5) is 0 Å². The van der Waals surface area contributed by atoms with Gasteiger partial charge in [0.2, 0.25) is 5.91 Å². The summed E-state index contributed by atoms with van der Waals surface area (Å²) >= 11 is 0. The molecule has 0 bridgehead atoms. The van der Waals surface area contributed by atoms with Crippen molar-refractivity contribution >= 4 is 22.6 Å². The molecule has 1 aromatic carbocycles. The molecular formula is C17H20N4O3. The van der Waals surface area contributed by atoms with E-state index in [0.29, 0.717) is 37.0 Å². The quantitative estimate of drug-likeness (QED) is 0.769. The van der Waals surface area contributed by atoms with Crippen LogP contribution in [-0.2, 0) is 11.8 Å². The van der Waals surface area contributed by atoms with Crippen LogP contribution in [0, 0.1) is 0 Å². The summed E-state index contributed by atoms with van der Waals surface area (Å²) in [6.07, 6.45) is 0.731. The fourth-order valence-corrected chi connectivity index (χ4v) is 3.04. The minimum Gasteiger partial charge on any atom is -0.341 e. The van der Waals surface area contributed by atoms with Gasteiger partial charge >= 0.3 is 0 Å². The predicted molar refractivity (Wildman–Crippen MR) is 89.8 cm³/mol. The molecule has 0 radical (unpaired) electrons. The molecule has 1 aliphatic rings. The number of fused-ring (bicyclic) bond motifs is 1. The average Bonchev–Trinajstić information content (AvgIpc) is 2.84. The number of aryl methyl sites for hydroxylation is 1. The lowest BCUT2D eigenvalue weighted by Crippen LogP contribution is -2.37. The van der Waals surface area contributed by atoms with Crippen molar-refractivity contribution in [1.82, 2.24) is 19.6 Å². The van der Waals surface area contributed by atoms with E-state index in [0.717, 1.165) is 6.42 Å². The maximum absolute atomic E-state index is 13.0. The van der Waals surface area contributed by atoms with Gasteiger partial charge in [0, 0.05) is 45.5 Å². The number of hydrogen-bond acceptors (Lipinski definition) is 4. The Kier molecular flexibility index (Phi) is 4.33. The fourth-order valence-electron chi connectivity index (χ4n) is 3.04. The third-order valence-corrected chi connectivity index (χ3v) is 4.39. The number of aromatic nitrogens is 2. The Bertz CT molecular complexity index is 859. The van der Waals surface area contributed by atoms with Crippen LogP contribution in [0.15, 0.2) is 29.1 Å². The lowest BCUT2D eigenvalue weighted by atomic mass is 10.1. The zero-order valence-corrected chi connectivity index (χ0v) is 13.9. The molecule has 1 fully saturated rings. The van der Waals surface area contributed by atoms with Gasteiger partial charge in [0.1, 0.15) is 0 Å². The third-order valence-electron chi connectivity index (χ3n) is 4.39. The lowest BCUT2D eigenvalue weighted by molar-refractivity contribution is -0.128. The van der Waals surface area contributed by atoms with Crippen molar-refractivity contribution in [3.63, 3.8) is 0 Å². The molecule has 0 spiro atoms. The second kappa shape index (κ2) is 6.43. The van der Waals surface area contributed by atoms with Crippen LogP contribution in [0.25, 0.3) is 10.8 Å². The molecule has 0 unspecified atom stereocenters. The van der Waals surface area contributed by atoms with E-state index >= 15 is 0 Å². The topological polar surface area (TPSA) is 75.5 Å². The number of nitrogens with zero attached hydrogens (tertiary/aromatic N) is 4. The van der Waals surface area contributed by atoms with E-state index in [4.69, 9.17) is 0 Å². The van der Waals surface area contributed by atoms with Gasteiger partial charge in [-0.15, -0.1) is 0 Å². The van der Waals surface area contributed by atoms with Gasteiger partial charge in [-0.25, -0.2) is 4.68 Å². The van der Waals surface area contributed by atoms with Crippen molar-refractivity contribution in [3.8, 4) is 0 Å². The smallest absolute Gasteiger partial charge is 0.275 e. The van der Waals surface area contributed by atoms with E-state index < -0.39 is 0 Å². The monoisotopic (exact) mass is 328 g/mol. The maximum Gasteiger partial charge on any atom is 0.275 e. The van der Waals surface area contributed by atoms with Gasteiger partial charge in [0.25, 0.3) is 11.5 Å². The molecule has 2 heterocycles. The molecule has 24 heavy (non-hydrogen) atoms. The lowest BCUT2D eigenvalue weighted by Gasteiger charge is -2.21. The van der Waals surface area contributed by atoms with Gasteiger partial charge in [0.05, 0.1) is 5.39 Å². The summed E-state index contributed by atoms with van der Waals surface area (Å²) in [5, 5.41) is 5.25. The molecule has 7 heteroatoms. The Hall–Kier alpha value is -2.70. The van der Waals surface area contributed by atoms with E-state index in [1.807, 2.05) is 0 Å². The normalized spacial score (nSPS) is 15.4. The van der Waals surface area contributed by atoms with Crippen molar-refractivity contribution in [3.05, 3.63) is 40.3 Å². The second-order valence-corrected chi connectivity index (χ2v) is 5.97. The molecule has 0 aliphatic carbocycles. The molecule has 1 aromatic heterocycles. The molecule has 0 atom stereocenters. The standard InChI is InChI=1S/C17H20N4O3/c1-12(22)20-8-5-9-21(11-10-20)17(24)15-13-6-3-4-7-14(13)16(23)19(2)18-15/h3-4,6-7H,5,8-11H2,1-2H3. The third kappa shape index (κ3) is 2.89. The van der Waals surface area contributed by atoms with Crippen molar-refractivity contribution in [2.24, 2.45) is 7.05 Å². The number of benzene rings is 1. The highest BCUT2D eigenvalue weighted by molar-refractivity contribution is 6.04. The van der Waals surface area contributed by atoms with Crippen molar-refractivity contribution in [2.75, 3.05) is 26.2 Å². The van der Waals surface area contributed by atoms with Crippen LogP contribution in [-0.4, -0.2) is 57.6 Å². The van der Waals surface area contributed by atoms with E-state index in [9.17, 15) is 14.4 Å². The highest BCUT2D eigenvalue weighted by Gasteiger charge is 2.24. The van der Waals surface area contributed by atoms with Crippen LogP contribution in [0.3, 0.4) is 0 Å². The molecule has 1 saturated heterocycles. The molecule has 126 valence electrons. The zero-order valence-electron chi connectivity index (χ0n) is 13.9. The van der Waals surface area contributed by atoms with Gasteiger partial charge in [-0.05, 0) is 12.5 Å². The summed E-state index contributed by atoms with van der Waals surface area (Å²) in [4.78, 5) is 40.1. The molecule has 3 rings (SSSR count). The molecule has 7 nitrogen and oxygen atoms in total. The highest BCUT2D eigenvalue weighted by Crippen LogP contribution is 2.16. The zero-order chi connectivity index (χ0) is 17.3. The van der Waals surface area contributed by atoms with E-state index in [1.165, 1.54) is 4.68 Å². The predicted octanol–water partition coefficient (Wildman–Crippen LogP) is 0.628. The first-order valence-electron chi connectivity index (χ1n) is 8.00. The van der Waals surface area contributed by atoms with Crippen molar-refractivity contribution in [2.45, 2.75) is 13.3 Å². The minimum absolute atomic E-state index is 0.0231. The van der Waals surface area contributed by atoms with Gasteiger partial charge in [-0.3, -0.25) is 14.4 Å². The van der Waals surface area contributed by atoms with E-state index in [1.54, 1.807) is 48.0 Å². The Balaban J connectivity index is 1.96. The first kappa shape index (κ1) is 16.2.